The van der Waals surface area contributed by atoms with E-state index in [9.17, 15) is 14.7 Å². The van der Waals surface area contributed by atoms with Gasteiger partial charge >= 0.3 is 5.91 Å². The standard InChI is InChI=1S/C31H31N3O6/c1-6-13-40-23-11-9-20(15-18(23)3)28(35)26-27(19-8-12-24(38-4)25(16-19)39-5)34(30(37)29(26)36)31-32-21-10-7-17(2)14-22(21)33-31/h7-12,14-16,27,35H,6,13H2,1-5H3,(H,32,33)/b28-26+. The number of nitrogens with zero attached hydrogens (tertiary/aromatic N) is 2. The van der Waals surface area contributed by atoms with Gasteiger partial charge in [-0.3, -0.25) is 14.5 Å². The first kappa shape index (κ1) is 26.8. The zero-order valence-corrected chi connectivity index (χ0v) is 23.1. The van der Waals surface area contributed by atoms with Crippen molar-refractivity contribution in [3.8, 4) is 17.2 Å². The van der Waals surface area contributed by atoms with Crippen molar-refractivity contribution in [1.29, 1.82) is 0 Å². The third kappa shape index (κ3) is 4.64. The van der Waals surface area contributed by atoms with E-state index in [0.29, 0.717) is 40.5 Å². The van der Waals surface area contributed by atoms with Gasteiger partial charge in [-0.25, -0.2) is 4.98 Å². The normalized spacial score (nSPS) is 16.5. The van der Waals surface area contributed by atoms with E-state index in [-0.39, 0.29) is 17.3 Å². The molecule has 1 aliphatic heterocycles. The molecule has 1 aromatic heterocycles. The predicted octanol–water partition coefficient (Wildman–Crippen LogP) is 5.61. The second kappa shape index (κ2) is 10.8. The highest BCUT2D eigenvalue weighted by molar-refractivity contribution is 6.51. The summed E-state index contributed by atoms with van der Waals surface area (Å²) >= 11 is 0. The number of H-pyrrole nitrogens is 1. The molecule has 0 radical (unpaired) electrons. The number of hydrogen-bond donors (Lipinski definition) is 2. The van der Waals surface area contributed by atoms with Crippen molar-refractivity contribution in [2.24, 2.45) is 0 Å². The lowest BCUT2D eigenvalue weighted by atomic mass is 9.94. The Balaban J connectivity index is 1.70. The minimum Gasteiger partial charge on any atom is -0.507 e. The average Bonchev–Trinajstić information content (AvgIpc) is 3.48. The summed E-state index contributed by atoms with van der Waals surface area (Å²) in [6.45, 7) is 6.40. The molecule has 206 valence electrons. The van der Waals surface area contributed by atoms with Crippen LogP contribution in [-0.4, -0.2) is 47.6 Å². The molecule has 40 heavy (non-hydrogen) atoms. The lowest BCUT2D eigenvalue weighted by Crippen LogP contribution is -2.30. The Kier molecular flexibility index (Phi) is 7.21. The van der Waals surface area contributed by atoms with Gasteiger partial charge in [0.1, 0.15) is 11.5 Å². The van der Waals surface area contributed by atoms with Crippen molar-refractivity contribution in [2.75, 3.05) is 25.7 Å². The average molecular weight is 542 g/mol. The Labute approximate surface area is 232 Å². The minimum absolute atomic E-state index is 0.0597. The largest absolute Gasteiger partial charge is 0.507 e. The van der Waals surface area contributed by atoms with E-state index in [1.54, 1.807) is 36.4 Å². The number of aromatic amines is 1. The van der Waals surface area contributed by atoms with Crippen molar-refractivity contribution in [1.82, 2.24) is 9.97 Å². The van der Waals surface area contributed by atoms with Crippen LogP contribution in [0, 0.1) is 13.8 Å². The summed E-state index contributed by atoms with van der Waals surface area (Å²) < 4.78 is 16.7. The van der Waals surface area contributed by atoms with Gasteiger partial charge in [0.05, 0.1) is 43.5 Å². The highest BCUT2D eigenvalue weighted by atomic mass is 16.5. The quantitative estimate of drug-likeness (QED) is 0.169. The van der Waals surface area contributed by atoms with E-state index < -0.39 is 17.7 Å². The molecule has 0 saturated carbocycles. The fourth-order valence-electron chi connectivity index (χ4n) is 4.94. The molecule has 0 spiro atoms. The minimum atomic E-state index is -0.988. The Morgan fingerprint density at radius 3 is 2.42 bits per heavy atom. The predicted molar refractivity (Wildman–Crippen MR) is 152 cm³/mol. The molecule has 1 unspecified atom stereocenters. The van der Waals surface area contributed by atoms with E-state index in [2.05, 4.69) is 9.97 Å². The Morgan fingerprint density at radius 2 is 1.73 bits per heavy atom. The first-order chi connectivity index (χ1) is 19.3. The molecule has 1 atom stereocenters. The summed E-state index contributed by atoms with van der Waals surface area (Å²) in [5.74, 6) is -0.138. The van der Waals surface area contributed by atoms with Gasteiger partial charge in [0.15, 0.2) is 11.5 Å². The number of carbonyl (C=O) groups excluding carboxylic acids is 2. The maximum absolute atomic E-state index is 13.6. The maximum Gasteiger partial charge on any atom is 0.302 e. The van der Waals surface area contributed by atoms with Crippen molar-refractivity contribution in [3.05, 3.63) is 82.4 Å². The van der Waals surface area contributed by atoms with Crippen LogP contribution in [0.25, 0.3) is 16.8 Å². The van der Waals surface area contributed by atoms with Gasteiger partial charge in [0.25, 0.3) is 5.78 Å². The first-order valence-electron chi connectivity index (χ1n) is 13.0. The molecule has 2 N–H and O–H groups in total. The van der Waals surface area contributed by atoms with Crippen LogP contribution in [0.2, 0.25) is 0 Å². The molecule has 4 aromatic rings. The molecular formula is C31H31N3O6. The molecule has 1 fully saturated rings. The van der Waals surface area contributed by atoms with Gasteiger partial charge in [0.2, 0.25) is 5.95 Å². The number of ketones is 1. The van der Waals surface area contributed by atoms with Crippen LogP contribution in [0.3, 0.4) is 0 Å². The number of hydrogen-bond acceptors (Lipinski definition) is 7. The highest BCUT2D eigenvalue weighted by Crippen LogP contribution is 2.44. The molecule has 5 rings (SSSR count). The molecular weight excluding hydrogens is 510 g/mol. The summed E-state index contributed by atoms with van der Waals surface area (Å²) in [5.41, 5.74) is 4.05. The molecule has 9 heteroatoms. The molecule has 0 bridgehead atoms. The zero-order valence-electron chi connectivity index (χ0n) is 23.1. The third-order valence-electron chi connectivity index (χ3n) is 6.93. The van der Waals surface area contributed by atoms with Crippen LogP contribution in [0.1, 0.15) is 41.6 Å². The van der Waals surface area contributed by atoms with Crippen molar-refractivity contribution in [3.63, 3.8) is 0 Å². The Morgan fingerprint density at radius 1 is 0.975 bits per heavy atom. The van der Waals surface area contributed by atoms with Crippen LogP contribution in [0.4, 0.5) is 5.95 Å². The Hall–Kier alpha value is -4.79. The van der Waals surface area contributed by atoms with Crippen molar-refractivity contribution in [2.45, 2.75) is 33.2 Å². The number of anilines is 1. The van der Waals surface area contributed by atoms with Crippen molar-refractivity contribution >= 4 is 34.4 Å². The van der Waals surface area contributed by atoms with E-state index in [4.69, 9.17) is 14.2 Å². The maximum atomic E-state index is 13.6. The topological polar surface area (TPSA) is 114 Å². The number of Topliss-reactive ketones (excluding diaryl/α,β-unsaturated/α-hetero) is 1. The third-order valence-corrected chi connectivity index (χ3v) is 6.93. The molecule has 1 aliphatic rings. The summed E-state index contributed by atoms with van der Waals surface area (Å²) in [5, 5.41) is 11.6. The van der Waals surface area contributed by atoms with E-state index in [0.717, 1.165) is 23.1 Å². The Bertz CT molecular complexity index is 1650. The number of ether oxygens (including phenoxy) is 3. The lowest BCUT2D eigenvalue weighted by molar-refractivity contribution is -0.132. The molecule has 1 amide bonds. The number of fused-ring (bicyclic) bond motifs is 1. The van der Waals surface area contributed by atoms with Gasteiger partial charge in [0, 0.05) is 5.56 Å². The van der Waals surface area contributed by atoms with E-state index in [1.807, 2.05) is 39.0 Å². The number of benzene rings is 3. The molecule has 9 nitrogen and oxygen atoms in total. The lowest BCUT2D eigenvalue weighted by Gasteiger charge is -2.24. The summed E-state index contributed by atoms with van der Waals surface area (Å²) in [4.78, 5) is 36.3. The number of amides is 1. The number of methoxy groups -OCH3 is 2. The highest BCUT2D eigenvalue weighted by Gasteiger charge is 2.48. The number of imidazole rings is 1. The second-order valence-corrected chi connectivity index (χ2v) is 9.69. The summed E-state index contributed by atoms with van der Waals surface area (Å²) in [6, 6.07) is 15.0. The van der Waals surface area contributed by atoms with Gasteiger partial charge in [-0.1, -0.05) is 19.1 Å². The number of aliphatic hydroxyl groups is 1. The van der Waals surface area contributed by atoms with Crippen LogP contribution < -0.4 is 19.1 Å². The number of aryl methyl sites for hydroxylation is 2. The monoisotopic (exact) mass is 541 g/mol. The number of rotatable bonds is 8. The van der Waals surface area contributed by atoms with Crippen LogP contribution in [0.5, 0.6) is 17.2 Å². The SMILES string of the molecule is CCCOc1ccc(/C(O)=C2\C(=O)C(=O)N(c3nc4ccc(C)cc4[nH]3)C2c2ccc(OC)c(OC)c2)cc1C. The van der Waals surface area contributed by atoms with Gasteiger partial charge in [-0.05, 0) is 79.4 Å². The molecule has 3 aromatic carbocycles. The van der Waals surface area contributed by atoms with Gasteiger partial charge < -0.3 is 24.3 Å². The van der Waals surface area contributed by atoms with Crippen LogP contribution in [-0.2, 0) is 9.59 Å². The van der Waals surface area contributed by atoms with Crippen molar-refractivity contribution < 1.29 is 28.9 Å². The number of nitrogens with one attached hydrogen (secondary N) is 1. The number of aromatic nitrogens is 2. The van der Waals surface area contributed by atoms with Crippen LogP contribution in [0.15, 0.2) is 60.2 Å². The summed E-state index contributed by atoms with van der Waals surface area (Å²) in [7, 11) is 3.03. The zero-order chi connectivity index (χ0) is 28.6. The van der Waals surface area contributed by atoms with Crippen LogP contribution >= 0.6 is 0 Å². The summed E-state index contributed by atoms with van der Waals surface area (Å²) in [6.07, 6.45) is 0.858. The fraction of sp³-hybridized carbons (Fsp3) is 0.258. The first-order valence-corrected chi connectivity index (χ1v) is 13.0. The van der Waals surface area contributed by atoms with E-state index in [1.165, 1.54) is 19.1 Å². The molecule has 0 aliphatic carbocycles. The fourth-order valence-corrected chi connectivity index (χ4v) is 4.94. The second-order valence-electron chi connectivity index (χ2n) is 9.69. The number of aliphatic hydroxyl groups excluding tert-OH is 1. The smallest absolute Gasteiger partial charge is 0.302 e. The van der Waals surface area contributed by atoms with Gasteiger partial charge in [-0.2, -0.15) is 0 Å². The molecule has 1 saturated heterocycles. The molecule has 2 heterocycles. The van der Waals surface area contributed by atoms with Gasteiger partial charge in [-0.15, -0.1) is 0 Å². The number of carbonyl (C=O) groups is 2. The van der Waals surface area contributed by atoms with E-state index >= 15 is 0 Å².